The number of methoxy groups -OCH3 is 1. The van der Waals surface area contributed by atoms with Crippen LogP contribution >= 0.6 is 15.9 Å². The number of nitrogens with zero attached hydrogens (tertiary/aromatic N) is 1. The van der Waals surface area contributed by atoms with Crippen LogP contribution in [0, 0.1) is 0 Å². The maximum atomic E-state index is 12.8. The summed E-state index contributed by atoms with van der Waals surface area (Å²) in [4.78, 5) is 0.101. The third kappa shape index (κ3) is 4.66. The minimum atomic E-state index is -3.69. The molecule has 1 heterocycles. The van der Waals surface area contributed by atoms with E-state index in [0.717, 1.165) is 6.26 Å². The van der Waals surface area contributed by atoms with Crippen molar-refractivity contribution in [3.63, 3.8) is 0 Å². The van der Waals surface area contributed by atoms with E-state index in [-0.39, 0.29) is 29.8 Å². The van der Waals surface area contributed by atoms with Gasteiger partial charge in [-0.2, -0.15) is 4.31 Å². The average Bonchev–Trinajstić information content (AvgIpc) is 2.46. The molecule has 7 nitrogen and oxygen atoms in total. The summed E-state index contributed by atoms with van der Waals surface area (Å²) >= 11 is 3.27. The van der Waals surface area contributed by atoms with Gasteiger partial charge in [-0.15, -0.1) is 0 Å². The van der Waals surface area contributed by atoms with Gasteiger partial charge in [0.1, 0.15) is 10.6 Å². The molecule has 0 aliphatic carbocycles. The standard InChI is InChI=1S/C13H19BrN2O5S2/c1-21-12-4-3-10(14)9-13(12)23(19,20)16-7-5-11(6-8-16)15-22(2,17)18/h3-4,9,11,15H,5-8H2,1-2H3. The van der Waals surface area contributed by atoms with Gasteiger partial charge in [0.15, 0.2) is 0 Å². The Bertz CT molecular complexity index is 772. The Morgan fingerprint density at radius 1 is 1.22 bits per heavy atom. The number of rotatable bonds is 5. The van der Waals surface area contributed by atoms with Gasteiger partial charge in [-0.05, 0) is 31.0 Å². The molecule has 0 atom stereocenters. The van der Waals surface area contributed by atoms with E-state index in [4.69, 9.17) is 4.74 Å². The summed E-state index contributed by atoms with van der Waals surface area (Å²) in [5.41, 5.74) is 0. The van der Waals surface area contributed by atoms with Crippen LogP contribution in [0.3, 0.4) is 0 Å². The third-order valence-electron chi connectivity index (χ3n) is 3.58. The van der Waals surface area contributed by atoms with Crippen molar-refractivity contribution in [3.05, 3.63) is 22.7 Å². The fourth-order valence-electron chi connectivity index (χ4n) is 2.51. The van der Waals surface area contributed by atoms with Crippen LogP contribution in [0.15, 0.2) is 27.6 Å². The number of halogens is 1. The van der Waals surface area contributed by atoms with E-state index in [9.17, 15) is 16.8 Å². The summed E-state index contributed by atoms with van der Waals surface area (Å²) in [5, 5.41) is 0. The molecule has 130 valence electrons. The van der Waals surface area contributed by atoms with Gasteiger partial charge in [-0.25, -0.2) is 21.6 Å². The van der Waals surface area contributed by atoms with E-state index >= 15 is 0 Å². The Hall–Kier alpha value is -0.680. The van der Waals surface area contributed by atoms with E-state index in [2.05, 4.69) is 20.7 Å². The first-order valence-electron chi connectivity index (χ1n) is 6.94. The van der Waals surface area contributed by atoms with Crippen LogP contribution in [0.25, 0.3) is 0 Å². The van der Waals surface area contributed by atoms with Gasteiger partial charge in [0.25, 0.3) is 0 Å². The second-order valence-electron chi connectivity index (χ2n) is 5.36. The Morgan fingerprint density at radius 3 is 2.35 bits per heavy atom. The van der Waals surface area contributed by atoms with Gasteiger partial charge in [0, 0.05) is 23.6 Å². The molecule has 0 saturated carbocycles. The van der Waals surface area contributed by atoms with Gasteiger partial charge in [-0.1, -0.05) is 15.9 Å². The highest BCUT2D eigenvalue weighted by Crippen LogP contribution is 2.31. The van der Waals surface area contributed by atoms with Crippen molar-refractivity contribution in [2.45, 2.75) is 23.8 Å². The zero-order chi connectivity index (χ0) is 17.3. The van der Waals surface area contributed by atoms with Crippen LogP contribution in [-0.2, 0) is 20.0 Å². The highest BCUT2D eigenvalue weighted by atomic mass is 79.9. The van der Waals surface area contributed by atoms with Crippen molar-refractivity contribution in [1.82, 2.24) is 9.03 Å². The zero-order valence-corrected chi connectivity index (χ0v) is 16.0. The molecule has 1 N–H and O–H groups in total. The highest BCUT2D eigenvalue weighted by molar-refractivity contribution is 9.10. The lowest BCUT2D eigenvalue weighted by Gasteiger charge is -2.31. The average molecular weight is 427 g/mol. The molecule has 1 fully saturated rings. The maximum Gasteiger partial charge on any atom is 0.246 e. The first-order chi connectivity index (χ1) is 10.6. The number of hydrogen-bond donors (Lipinski definition) is 1. The van der Waals surface area contributed by atoms with E-state index < -0.39 is 20.0 Å². The SMILES string of the molecule is COc1ccc(Br)cc1S(=O)(=O)N1CCC(NS(C)(=O)=O)CC1. The fraction of sp³-hybridized carbons (Fsp3) is 0.538. The van der Waals surface area contributed by atoms with Gasteiger partial charge in [-0.3, -0.25) is 0 Å². The highest BCUT2D eigenvalue weighted by Gasteiger charge is 2.32. The number of piperidine rings is 1. The van der Waals surface area contributed by atoms with Crippen molar-refractivity contribution in [3.8, 4) is 5.75 Å². The van der Waals surface area contributed by atoms with E-state index in [1.165, 1.54) is 17.5 Å². The molecule has 0 amide bonds. The molecular weight excluding hydrogens is 408 g/mol. The normalized spacial score (nSPS) is 18.0. The molecule has 2 rings (SSSR count). The number of benzene rings is 1. The lowest BCUT2D eigenvalue weighted by molar-refractivity contribution is 0.307. The van der Waals surface area contributed by atoms with Crippen LogP contribution in [-0.4, -0.2) is 53.6 Å². The summed E-state index contributed by atoms with van der Waals surface area (Å²) in [6.07, 6.45) is 1.97. The molecule has 0 spiro atoms. The van der Waals surface area contributed by atoms with E-state index in [1.54, 1.807) is 12.1 Å². The molecule has 1 aromatic rings. The molecule has 1 aromatic carbocycles. The van der Waals surface area contributed by atoms with Crippen LogP contribution in [0.5, 0.6) is 5.75 Å². The van der Waals surface area contributed by atoms with Gasteiger partial charge in [0.05, 0.1) is 13.4 Å². The molecule has 10 heteroatoms. The molecule has 1 aliphatic rings. The number of nitrogens with one attached hydrogen (secondary N) is 1. The van der Waals surface area contributed by atoms with Crippen LogP contribution in [0.1, 0.15) is 12.8 Å². The zero-order valence-electron chi connectivity index (χ0n) is 12.8. The molecule has 1 saturated heterocycles. The largest absolute Gasteiger partial charge is 0.495 e. The fourth-order valence-corrected chi connectivity index (χ4v) is 5.51. The molecule has 0 radical (unpaired) electrons. The topological polar surface area (TPSA) is 92.8 Å². The summed E-state index contributed by atoms with van der Waals surface area (Å²) in [5.74, 6) is 0.282. The van der Waals surface area contributed by atoms with Crippen LogP contribution < -0.4 is 9.46 Å². The summed E-state index contributed by atoms with van der Waals surface area (Å²) in [6, 6.07) is 4.57. The first kappa shape index (κ1) is 18.7. The molecule has 0 aromatic heterocycles. The monoisotopic (exact) mass is 426 g/mol. The van der Waals surface area contributed by atoms with Crippen molar-refractivity contribution >= 4 is 36.0 Å². The Kier molecular flexibility index (Phi) is 5.72. The second-order valence-corrected chi connectivity index (χ2v) is 9.97. The number of ether oxygens (including phenoxy) is 1. The Balaban J connectivity index is 2.18. The Labute approximate surface area is 145 Å². The molecule has 1 aliphatic heterocycles. The van der Waals surface area contributed by atoms with Crippen LogP contribution in [0.2, 0.25) is 0 Å². The number of sulfonamides is 2. The maximum absolute atomic E-state index is 12.8. The van der Waals surface area contributed by atoms with Gasteiger partial charge < -0.3 is 4.74 Å². The summed E-state index contributed by atoms with van der Waals surface area (Å²) in [7, 11) is -5.56. The van der Waals surface area contributed by atoms with Crippen molar-refractivity contribution in [2.75, 3.05) is 26.5 Å². The quantitative estimate of drug-likeness (QED) is 0.762. The molecular formula is C13H19BrN2O5S2. The third-order valence-corrected chi connectivity index (χ3v) is 6.75. The minimum Gasteiger partial charge on any atom is -0.495 e. The predicted molar refractivity (Wildman–Crippen MR) is 90.5 cm³/mol. The van der Waals surface area contributed by atoms with Crippen molar-refractivity contribution in [2.24, 2.45) is 0 Å². The number of hydrogen-bond acceptors (Lipinski definition) is 5. The first-order valence-corrected chi connectivity index (χ1v) is 11.1. The van der Waals surface area contributed by atoms with Crippen LogP contribution in [0.4, 0.5) is 0 Å². The summed E-state index contributed by atoms with van der Waals surface area (Å²) in [6.45, 7) is 0.510. The second kappa shape index (κ2) is 7.06. The van der Waals surface area contributed by atoms with E-state index in [0.29, 0.717) is 17.3 Å². The predicted octanol–water partition coefficient (Wildman–Crippen LogP) is 1.16. The minimum absolute atomic E-state index is 0.101. The van der Waals surface area contributed by atoms with Gasteiger partial charge >= 0.3 is 0 Å². The lowest BCUT2D eigenvalue weighted by Crippen LogP contribution is -2.46. The molecule has 0 bridgehead atoms. The lowest BCUT2D eigenvalue weighted by atomic mass is 10.1. The van der Waals surface area contributed by atoms with Gasteiger partial charge in [0.2, 0.25) is 20.0 Å². The van der Waals surface area contributed by atoms with E-state index in [1.807, 2.05) is 0 Å². The molecule has 0 unspecified atom stereocenters. The van der Waals surface area contributed by atoms with Crippen molar-refractivity contribution < 1.29 is 21.6 Å². The smallest absolute Gasteiger partial charge is 0.246 e. The Morgan fingerprint density at radius 2 is 1.83 bits per heavy atom. The van der Waals surface area contributed by atoms with Crippen molar-refractivity contribution in [1.29, 1.82) is 0 Å². The molecule has 23 heavy (non-hydrogen) atoms. The summed E-state index contributed by atoms with van der Waals surface area (Å²) < 4.78 is 57.8.